The molecule has 5 heteroatoms. The molecule has 0 saturated carbocycles. The molecule has 0 bridgehead atoms. The third-order valence-corrected chi connectivity index (χ3v) is 11.3. The van der Waals surface area contributed by atoms with Gasteiger partial charge < -0.3 is 14.6 Å². The smallest absolute Gasteiger partial charge is 0.305 e. The summed E-state index contributed by atoms with van der Waals surface area (Å²) in [6, 6.07) is 0. The first kappa shape index (κ1) is 51.9. The minimum Gasteiger partial charge on any atom is -0.463 e. The standard InChI is InChI=1S/C48H94O5/c1-5-45(4)39-35-31-27-23-19-15-10-8-6-7-9-11-16-20-24-28-32-36-40-47(50)52-42-46(49)43-53-48(51)41-37-33-29-25-21-17-13-12-14-18-22-26-30-34-38-44(2)3/h44-46,49H,5-43H2,1-4H3/t45?,46-/m0/s1. The van der Waals surface area contributed by atoms with E-state index in [0.29, 0.717) is 12.8 Å². The molecule has 0 saturated heterocycles. The molecule has 1 N–H and O–H groups in total. The quantitative estimate of drug-likeness (QED) is 0.0496. The average Bonchev–Trinajstić information content (AvgIpc) is 3.14. The number of aliphatic hydroxyl groups excluding tert-OH is 1. The first-order valence-corrected chi connectivity index (χ1v) is 23.8. The molecule has 53 heavy (non-hydrogen) atoms. The monoisotopic (exact) mass is 751 g/mol. The fourth-order valence-electron chi connectivity index (χ4n) is 7.31. The van der Waals surface area contributed by atoms with E-state index in [4.69, 9.17) is 9.47 Å². The van der Waals surface area contributed by atoms with Gasteiger partial charge in [-0.05, 0) is 24.7 Å². The van der Waals surface area contributed by atoms with Crippen molar-refractivity contribution in [1.82, 2.24) is 0 Å². The predicted molar refractivity (Wildman–Crippen MR) is 228 cm³/mol. The van der Waals surface area contributed by atoms with Crippen LogP contribution < -0.4 is 0 Å². The van der Waals surface area contributed by atoms with Crippen LogP contribution in [-0.2, 0) is 19.1 Å². The molecule has 0 aromatic rings. The van der Waals surface area contributed by atoms with Gasteiger partial charge in [0.2, 0.25) is 0 Å². The van der Waals surface area contributed by atoms with Gasteiger partial charge in [0.1, 0.15) is 19.3 Å². The summed E-state index contributed by atoms with van der Waals surface area (Å²) in [6.45, 7) is 9.11. The minimum absolute atomic E-state index is 0.108. The molecule has 5 nitrogen and oxygen atoms in total. The van der Waals surface area contributed by atoms with Crippen molar-refractivity contribution in [3.8, 4) is 0 Å². The van der Waals surface area contributed by atoms with Gasteiger partial charge in [-0.2, -0.15) is 0 Å². The Labute approximate surface area is 331 Å². The highest BCUT2D eigenvalue weighted by Crippen LogP contribution is 2.18. The maximum atomic E-state index is 12.0. The first-order chi connectivity index (χ1) is 25.8. The van der Waals surface area contributed by atoms with Crippen LogP contribution in [0.1, 0.15) is 265 Å². The van der Waals surface area contributed by atoms with Gasteiger partial charge in [0.25, 0.3) is 0 Å². The molecule has 0 radical (unpaired) electrons. The van der Waals surface area contributed by atoms with E-state index in [0.717, 1.165) is 37.5 Å². The Bertz CT molecular complexity index is 752. The predicted octanol–water partition coefficient (Wildman–Crippen LogP) is 15.2. The second-order valence-electron chi connectivity index (χ2n) is 17.3. The number of hydrogen-bond acceptors (Lipinski definition) is 5. The van der Waals surface area contributed by atoms with Crippen LogP contribution >= 0.6 is 0 Å². The van der Waals surface area contributed by atoms with Crippen LogP contribution in [0.5, 0.6) is 0 Å². The van der Waals surface area contributed by atoms with Crippen molar-refractivity contribution in [2.24, 2.45) is 11.8 Å². The number of aliphatic hydroxyl groups is 1. The number of carbonyl (C=O) groups is 2. The van der Waals surface area contributed by atoms with E-state index in [1.807, 2.05) is 0 Å². The molecule has 2 atom stereocenters. The molecule has 0 aromatic carbocycles. The number of carbonyl (C=O) groups excluding carboxylic acids is 2. The molecular formula is C48H94O5. The van der Waals surface area contributed by atoms with Gasteiger partial charge in [0.15, 0.2) is 0 Å². The van der Waals surface area contributed by atoms with Gasteiger partial charge in [0.05, 0.1) is 0 Å². The average molecular weight is 751 g/mol. The van der Waals surface area contributed by atoms with Crippen LogP contribution in [-0.4, -0.2) is 36.4 Å². The van der Waals surface area contributed by atoms with E-state index in [1.165, 1.54) is 199 Å². The molecule has 0 rings (SSSR count). The van der Waals surface area contributed by atoms with Crippen molar-refractivity contribution in [2.75, 3.05) is 13.2 Å². The Morgan fingerprint density at radius 2 is 0.642 bits per heavy atom. The van der Waals surface area contributed by atoms with Gasteiger partial charge in [-0.1, -0.05) is 240 Å². The lowest BCUT2D eigenvalue weighted by Gasteiger charge is -2.12. The van der Waals surface area contributed by atoms with Crippen molar-refractivity contribution in [3.05, 3.63) is 0 Å². The highest BCUT2D eigenvalue weighted by molar-refractivity contribution is 5.69. The molecule has 0 amide bonds. The second kappa shape index (κ2) is 42.1. The summed E-state index contributed by atoms with van der Waals surface area (Å²) in [4.78, 5) is 24.1. The van der Waals surface area contributed by atoms with E-state index in [2.05, 4.69) is 27.7 Å². The Balaban J connectivity index is 3.35. The summed E-state index contributed by atoms with van der Waals surface area (Å²) in [5, 5.41) is 10.1. The van der Waals surface area contributed by atoms with E-state index >= 15 is 0 Å². The number of hydrogen-bond donors (Lipinski definition) is 1. The van der Waals surface area contributed by atoms with Crippen LogP contribution in [0.4, 0.5) is 0 Å². The second-order valence-corrected chi connectivity index (χ2v) is 17.3. The minimum atomic E-state index is -0.957. The van der Waals surface area contributed by atoms with Crippen molar-refractivity contribution in [2.45, 2.75) is 271 Å². The van der Waals surface area contributed by atoms with Gasteiger partial charge >= 0.3 is 11.9 Å². The van der Waals surface area contributed by atoms with Gasteiger partial charge in [-0.3, -0.25) is 9.59 Å². The Morgan fingerprint density at radius 3 is 0.906 bits per heavy atom. The zero-order valence-corrected chi connectivity index (χ0v) is 36.4. The molecule has 0 aliphatic rings. The molecule has 1 unspecified atom stereocenters. The first-order valence-electron chi connectivity index (χ1n) is 23.8. The maximum absolute atomic E-state index is 12.0. The van der Waals surface area contributed by atoms with Crippen LogP contribution in [0, 0.1) is 11.8 Å². The van der Waals surface area contributed by atoms with Crippen molar-refractivity contribution >= 4 is 11.9 Å². The fraction of sp³-hybridized carbons (Fsp3) is 0.958. The summed E-state index contributed by atoms with van der Waals surface area (Å²) in [5.41, 5.74) is 0. The molecule has 0 aromatic heterocycles. The normalized spacial score (nSPS) is 12.7. The summed E-state index contributed by atoms with van der Waals surface area (Å²) in [6.07, 6.45) is 46.0. The van der Waals surface area contributed by atoms with Crippen LogP contribution in [0.15, 0.2) is 0 Å². The zero-order chi connectivity index (χ0) is 38.9. The lowest BCUT2D eigenvalue weighted by atomic mass is 9.99. The highest BCUT2D eigenvalue weighted by Gasteiger charge is 2.12. The molecule has 0 aliphatic carbocycles. The molecule has 0 fully saturated rings. The number of ether oxygens (including phenoxy) is 2. The zero-order valence-electron chi connectivity index (χ0n) is 36.4. The van der Waals surface area contributed by atoms with Gasteiger partial charge in [0, 0.05) is 12.8 Å². The summed E-state index contributed by atoms with van der Waals surface area (Å²) in [5.74, 6) is 1.22. The lowest BCUT2D eigenvalue weighted by molar-refractivity contribution is -0.152. The number of unbranched alkanes of at least 4 members (excludes halogenated alkanes) is 30. The topological polar surface area (TPSA) is 72.8 Å². The molecule has 0 aliphatic heterocycles. The fourth-order valence-corrected chi connectivity index (χ4v) is 7.31. The van der Waals surface area contributed by atoms with Gasteiger partial charge in [-0.25, -0.2) is 0 Å². The van der Waals surface area contributed by atoms with Crippen LogP contribution in [0.2, 0.25) is 0 Å². The van der Waals surface area contributed by atoms with Crippen molar-refractivity contribution < 1.29 is 24.2 Å². The highest BCUT2D eigenvalue weighted by atomic mass is 16.6. The largest absolute Gasteiger partial charge is 0.463 e. The van der Waals surface area contributed by atoms with E-state index in [1.54, 1.807) is 0 Å². The van der Waals surface area contributed by atoms with Crippen LogP contribution in [0.25, 0.3) is 0 Å². The molecule has 316 valence electrons. The van der Waals surface area contributed by atoms with Gasteiger partial charge in [-0.15, -0.1) is 0 Å². The van der Waals surface area contributed by atoms with Crippen LogP contribution in [0.3, 0.4) is 0 Å². The Morgan fingerprint density at radius 1 is 0.396 bits per heavy atom. The Hall–Kier alpha value is -1.10. The number of esters is 2. The van der Waals surface area contributed by atoms with Crippen molar-refractivity contribution in [3.63, 3.8) is 0 Å². The lowest BCUT2D eigenvalue weighted by Crippen LogP contribution is -2.25. The summed E-state index contributed by atoms with van der Waals surface area (Å²) in [7, 11) is 0. The van der Waals surface area contributed by atoms with E-state index < -0.39 is 6.10 Å². The number of rotatable bonds is 43. The molecule has 0 spiro atoms. The third kappa shape index (κ3) is 43.5. The van der Waals surface area contributed by atoms with Crippen molar-refractivity contribution in [1.29, 1.82) is 0 Å². The third-order valence-electron chi connectivity index (χ3n) is 11.3. The van der Waals surface area contributed by atoms with E-state index in [-0.39, 0.29) is 25.2 Å². The SMILES string of the molecule is CCC(C)CCCCCCCCCCCCCCCCCCCCC(=O)OC[C@H](O)COC(=O)CCCCCCCCCCCCCCCCC(C)C. The summed E-state index contributed by atoms with van der Waals surface area (Å²) < 4.78 is 10.4. The van der Waals surface area contributed by atoms with E-state index in [9.17, 15) is 14.7 Å². The summed E-state index contributed by atoms with van der Waals surface area (Å²) >= 11 is 0. The molecular weight excluding hydrogens is 657 g/mol. The maximum Gasteiger partial charge on any atom is 0.305 e. The molecule has 0 heterocycles. The Kier molecular flexibility index (Phi) is 41.2.